The fourth-order valence-corrected chi connectivity index (χ4v) is 3.96. The van der Waals surface area contributed by atoms with Gasteiger partial charge in [0, 0.05) is 12.6 Å². The van der Waals surface area contributed by atoms with Crippen molar-refractivity contribution in [2.45, 2.75) is 83.7 Å². The lowest BCUT2D eigenvalue weighted by Gasteiger charge is -2.38. The fraction of sp³-hybridized carbons (Fsp3) is 1.00. The Hall–Kier alpha value is 0.122. The van der Waals surface area contributed by atoms with Gasteiger partial charge in [0.1, 0.15) is 0 Å². The molecule has 0 bridgehead atoms. The molecule has 0 aliphatic carbocycles. The quantitative estimate of drug-likeness (QED) is 0.783. The maximum absolute atomic E-state index is 10.3. The fourth-order valence-electron chi connectivity index (χ4n) is 2.61. The molecule has 0 aromatic rings. The maximum atomic E-state index is 10.3. The zero-order valence-electron chi connectivity index (χ0n) is 14.4. The molecule has 0 unspecified atom stereocenters. The monoisotopic (exact) mass is 301 g/mol. The van der Waals surface area contributed by atoms with Gasteiger partial charge in [0.25, 0.3) is 0 Å². The highest BCUT2D eigenvalue weighted by molar-refractivity contribution is 6.74. The van der Waals surface area contributed by atoms with E-state index in [0.29, 0.717) is 6.54 Å². The molecule has 0 saturated carbocycles. The van der Waals surface area contributed by atoms with Gasteiger partial charge in [-0.3, -0.25) is 0 Å². The first-order valence-corrected chi connectivity index (χ1v) is 10.5. The van der Waals surface area contributed by atoms with Gasteiger partial charge < -0.3 is 19.4 Å². The third-order valence-corrected chi connectivity index (χ3v) is 9.40. The molecular weight excluding hydrogens is 269 g/mol. The summed E-state index contributed by atoms with van der Waals surface area (Å²) in [6.45, 7) is 17.3. The lowest BCUT2D eigenvalue weighted by Crippen LogP contribution is -2.51. The van der Waals surface area contributed by atoms with Crippen molar-refractivity contribution in [2.24, 2.45) is 0 Å². The SMILES string of the molecule is CB(O)N1C[C@@H](O[Si](C)(C)C(C)(C)C)C[C@H]1C(C)(C)O. The Labute approximate surface area is 125 Å². The van der Waals surface area contributed by atoms with Gasteiger partial charge in [-0.15, -0.1) is 0 Å². The molecule has 6 heteroatoms. The lowest BCUT2D eigenvalue weighted by molar-refractivity contribution is 0.0156. The van der Waals surface area contributed by atoms with Crippen LogP contribution in [0.4, 0.5) is 0 Å². The number of nitrogens with zero attached hydrogens (tertiary/aromatic N) is 1. The molecule has 2 N–H and O–H groups in total. The topological polar surface area (TPSA) is 52.9 Å². The third kappa shape index (κ3) is 4.07. The van der Waals surface area contributed by atoms with E-state index in [2.05, 4.69) is 33.9 Å². The molecule has 1 rings (SSSR count). The molecule has 118 valence electrons. The standard InChI is InChI=1S/C14H32BNO3Si/c1-13(2,3)20(7,8)19-11-9-12(14(4,5)17)16(10-11)15(6)18/h11-12,17-18H,9-10H2,1-8H3/t11-,12-/m0/s1. The Bertz CT molecular complexity index is 336. The molecule has 4 nitrogen and oxygen atoms in total. The summed E-state index contributed by atoms with van der Waals surface area (Å²) in [6.07, 6.45) is 0.878. The molecule has 0 amide bonds. The summed E-state index contributed by atoms with van der Waals surface area (Å²) in [5.41, 5.74) is -0.831. The molecule has 2 atom stereocenters. The Balaban J connectivity index is 2.82. The normalized spacial score (nSPS) is 26.1. The van der Waals surface area contributed by atoms with Crippen molar-refractivity contribution < 1.29 is 14.6 Å². The molecule has 1 aliphatic heterocycles. The summed E-state index contributed by atoms with van der Waals surface area (Å²) in [6, 6.07) is -0.0581. The Morgan fingerprint density at radius 2 is 1.70 bits per heavy atom. The van der Waals surface area contributed by atoms with Crippen LogP contribution in [-0.4, -0.2) is 54.6 Å². The minimum Gasteiger partial charge on any atom is -0.437 e. The smallest absolute Gasteiger partial charge is 0.376 e. The lowest BCUT2D eigenvalue weighted by atomic mass is 9.81. The van der Waals surface area contributed by atoms with E-state index in [0.717, 1.165) is 6.42 Å². The molecule has 20 heavy (non-hydrogen) atoms. The molecule has 1 saturated heterocycles. The average Bonchev–Trinajstić information content (AvgIpc) is 2.58. The first-order valence-electron chi connectivity index (χ1n) is 7.60. The van der Waals surface area contributed by atoms with Crippen molar-refractivity contribution >= 4 is 15.4 Å². The molecule has 0 spiro atoms. The van der Waals surface area contributed by atoms with E-state index in [1.54, 1.807) is 6.82 Å². The predicted octanol–water partition coefficient (Wildman–Crippen LogP) is 2.33. The van der Waals surface area contributed by atoms with E-state index in [4.69, 9.17) is 4.43 Å². The largest absolute Gasteiger partial charge is 0.437 e. The summed E-state index contributed by atoms with van der Waals surface area (Å²) in [4.78, 5) is 1.96. The first kappa shape index (κ1) is 18.2. The highest BCUT2D eigenvalue weighted by Gasteiger charge is 2.47. The van der Waals surface area contributed by atoms with E-state index < -0.39 is 21.0 Å². The van der Waals surface area contributed by atoms with Crippen molar-refractivity contribution in [1.29, 1.82) is 0 Å². The second-order valence-corrected chi connectivity index (χ2v) is 13.0. The van der Waals surface area contributed by atoms with E-state index in [1.165, 1.54) is 0 Å². The van der Waals surface area contributed by atoms with Gasteiger partial charge in [-0.25, -0.2) is 0 Å². The minimum atomic E-state index is -1.81. The van der Waals surface area contributed by atoms with Gasteiger partial charge in [-0.2, -0.15) is 0 Å². The third-order valence-electron chi connectivity index (χ3n) is 4.86. The van der Waals surface area contributed by atoms with Crippen LogP contribution in [0.2, 0.25) is 25.0 Å². The van der Waals surface area contributed by atoms with Gasteiger partial charge >= 0.3 is 7.05 Å². The highest BCUT2D eigenvalue weighted by atomic mass is 28.4. The number of aliphatic hydroxyl groups is 1. The molecule has 0 aromatic heterocycles. The molecule has 0 aromatic carbocycles. The van der Waals surface area contributed by atoms with Crippen LogP contribution in [0.1, 0.15) is 41.0 Å². The molecule has 1 fully saturated rings. The molecule has 0 radical (unpaired) electrons. The molecule has 1 heterocycles. The van der Waals surface area contributed by atoms with Crippen molar-refractivity contribution in [3.8, 4) is 0 Å². The second kappa shape index (κ2) is 5.72. The van der Waals surface area contributed by atoms with Crippen LogP contribution in [0.3, 0.4) is 0 Å². The summed E-state index contributed by atoms with van der Waals surface area (Å²) >= 11 is 0. The number of rotatable bonds is 4. The van der Waals surface area contributed by atoms with Gasteiger partial charge in [-0.1, -0.05) is 20.8 Å². The summed E-state index contributed by atoms with van der Waals surface area (Å²) in [5, 5.41) is 20.4. The van der Waals surface area contributed by atoms with Crippen molar-refractivity contribution in [2.75, 3.05) is 6.54 Å². The Morgan fingerprint density at radius 3 is 2.00 bits per heavy atom. The minimum absolute atomic E-state index is 0.0581. The van der Waals surface area contributed by atoms with Crippen LogP contribution < -0.4 is 0 Å². The summed E-state index contributed by atoms with van der Waals surface area (Å²) in [7, 11) is -2.37. The summed E-state index contributed by atoms with van der Waals surface area (Å²) in [5.74, 6) is 0. The van der Waals surface area contributed by atoms with Crippen LogP contribution in [0.15, 0.2) is 0 Å². The number of hydrogen-bond acceptors (Lipinski definition) is 4. The van der Waals surface area contributed by atoms with Crippen LogP contribution in [-0.2, 0) is 4.43 Å². The zero-order chi connectivity index (χ0) is 15.9. The van der Waals surface area contributed by atoms with E-state index in [9.17, 15) is 10.1 Å². The average molecular weight is 301 g/mol. The highest BCUT2D eigenvalue weighted by Crippen LogP contribution is 2.39. The first-order chi connectivity index (χ1) is 8.75. The second-order valence-electron chi connectivity index (χ2n) is 8.23. The van der Waals surface area contributed by atoms with E-state index in [1.807, 2.05) is 18.7 Å². The van der Waals surface area contributed by atoms with E-state index >= 15 is 0 Å². The van der Waals surface area contributed by atoms with Crippen molar-refractivity contribution in [1.82, 2.24) is 4.81 Å². The predicted molar refractivity (Wildman–Crippen MR) is 87.3 cm³/mol. The maximum Gasteiger partial charge on any atom is 0.376 e. The number of hydrogen-bond donors (Lipinski definition) is 2. The van der Waals surface area contributed by atoms with Gasteiger partial charge in [0.15, 0.2) is 8.32 Å². The van der Waals surface area contributed by atoms with Crippen LogP contribution in [0, 0.1) is 0 Å². The van der Waals surface area contributed by atoms with Gasteiger partial charge in [0.2, 0.25) is 0 Å². The van der Waals surface area contributed by atoms with Gasteiger partial charge in [-0.05, 0) is 45.2 Å². The van der Waals surface area contributed by atoms with Crippen molar-refractivity contribution in [3.63, 3.8) is 0 Å². The molecule has 1 aliphatic rings. The van der Waals surface area contributed by atoms with E-state index in [-0.39, 0.29) is 17.2 Å². The van der Waals surface area contributed by atoms with Crippen LogP contribution >= 0.6 is 0 Å². The Kier molecular flexibility index (Phi) is 5.20. The molecular formula is C14H32BNO3Si. The van der Waals surface area contributed by atoms with Crippen LogP contribution in [0.25, 0.3) is 0 Å². The van der Waals surface area contributed by atoms with Crippen molar-refractivity contribution in [3.05, 3.63) is 0 Å². The zero-order valence-corrected chi connectivity index (χ0v) is 15.4. The summed E-state index contributed by atoms with van der Waals surface area (Å²) < 4.78 is 6.44. The Morgan fingerprint density at radius 1 is 1.20 bits per heavy atom. The van der Waals surface area contributed by atoms with Gasteiger partial charge in [0.05, 0.1) is 11.7 Å². The van der Waals surface area contributed by atoms with Crippen LogP contribution in [0.5, 0.6) is 0 Å².